The van der Waals surface area contributed by atoms with Crippen molar-refractivity contribution in [3.05, 3.63) is 28.3 Å². The molecular weight excluding hydrogens is 272 g/mol. The van der Waals surface area contributed by atoms with E-state index >= 15 is 0 Å². The molecule has 1 aromatic rings. The van der Waals surface area contributed by atoms with Crippen LogP contribution in [0.3, 0.4) is 0 Å². The lowest BCUT2D eigenvalue weighted by atomic mass is 10.2. The Labute approximate surface area is 125 Å². The molecule has 0 atom stereocenters. The first kappa shape index (κ1) is 17.2. The van der Waals surface area contributed by atoms with Gasteiger partial charge >= 0.3 is 5.69 Å². The molecule has 0 amide bonds. The Bertz CT molecular complexity index is 451. The maximum absolute atomic E-state index is 11.0. The molecule has 0 spiro atoms. The standard InChI is InChI=1S/C15H24N2O4/c1-3-5-8-16(9-10-18)13-6-7-14(17(19)20)15(12-13)21-11-4-2/h6-7,12,18H,3-5,8-11H2,1-2H3. The van der Waals surface area contributed by atoms with Gasteiger partial charge in [-0.25, -0.2) is 0 Å². The van der Waals surface area contributed by atoms with Crippen LogP contribution in [0, 0.1) is 10.1 Å². The lowest BCUT2D eigenvalue weighted by Gasteiger charge is -2.24. The van der Waals surface area contributed by atoms with Crippen molar-refractivity contribution in [1.29, 1.82) is 0 Å². The van der Waals surface area contributed by atoms with Crippen LogP contribution in [-0.2, 0) is 0 Å². The Balaban J connectivity index is 3.02. The fourth-order valence-corrected chi connectivity index (χ4v) is 2.02. The van der Waals surface area contributed by atoms with Crippen molar-refractivity contribution >= 4 is 11.4 Å². The summed E-state index contributed by atoms with van der Waals surface area (Å²) in [5.74, 6) is 0.291. The first-order valence-corrected chi connectivity index (χ1v) is 7.41. The zero-order valence-corrected chi connectivity index (χ0v) is 12.7. The molecule has 0 saturated carbocycles. The highest BCUT2D eigenvalue weighted by Crippen LogP contribution is 2.32. The summed E-state index contributed by atoms with van der Waals surface area (Å²) in [5, 5.41) is 20.2. The molecule has 0 heterocycles. The lowest BCUT2D eigenvalue weighted by molar-refractivity contribution is -0.385. The normalized spacial score (nSPS) is 10.4. The molecule has 1 N–H and O–H groups in total. The number of nitro groups is 1. The van der Waals surface area contributed by atoms with Crippen LogP contribution >= 0.6 is 0 Å². The van der Waals surface area contributed by atoms with Gasteiger partial charge in [0, 0.05) is 30.9 Å². The average Bonchev–Trinajstić information content (AvgIpc) is 2.48. The molecule has 118 valence electrons. The van der Waals surface area contributed by atoms with Crippen LogP contribution in [0.15, 0.2) is 18.2 Å². The van der Waals surface area contributed by atoms with Gasteiger partial charge in [-0.2, -0.15) is 0 Å². The molecule has 6 heteroatoms. The van der Waals surface area contributed by atoms with Crippen LogP contribution in [0.2, 0.25) is 0 Å². The summed E-state index contributed by atoms with van der Waals surface area (Å²) in [4.78, 5) is 12.6. The minimum absolute atomic E-state index is 0.0216. The zero-order valence-electron chi connectivity index (χ0n) is 12.7. The van der Waals surface area contributed by atoms with Crippen LogP contribution in [0.25, 0.3) is 0 Å². The minimum atomic E-state index is -0.433. The van der Waals surface area contributed by atoms with E-state index in [2.05, 4.69) is 6.92 Å². The Hall–Kier alpha value is -1.82. The largest absolute Gasteiger partial charge is 0.487 e. The monoisotopic (exact) mass is 296 g/mol. The van der Waals surface area contributed by atoms with Crippen molar-refractivity contribution < 1.29 is 14.8 Å². The average molecular weight is 296 g/mol. The van der Waals surface area contributed by atoms with Gasteiger partial charge in [-0.3, -0.25) is 10.1 Å². The topological polar surface area (TPSA) is 75.8 Å². The molecule has 0 aromatic heterocycles. The van der Waals surface area contributed by atoms with Crippen molar-refractivity contribution in [2.24, 2.45) is 0 Å². The molecule has 0 radical (unpaired) electrons. The fourth-order valence-electron chi connectivity index (χ4n) is 2.02. The van der Waals surface area contributed by atoms with Gasteiger partial charge in [0.25, 0.3) is 0 Å². The van der Waals surface area contributed by atoms with E-state index in [0.29, 0.717) is 18.9 Å². The molecule has 6 nitrogen and oxygen atoms in total. The van der Waals surface area contributed by atoms with Crippen LogP contribution in [0.4, 0.5) is 11.4 Å². The van der Waals surface area contributed by atoms with Crippen molar-refractivity contribution in [2.45, 2.75) is 33.1 Å². The second kappa shape index (κ2) is 9.18. The maximum Gasteiger partial charge on any atom is 0.311 e. The molecule has 0 saturated heterocycles. The van der Waals surface area contributed by atoms with Crippen molar-refractivity contribution in [3.63, 3.8) is 0 Å². The lowest BCUT2D eigenvalue weighted by Crippen LogP contribution is -2.27. The number of anilines is 1. The molecule has 1 aromatic carbocycles. The molecule has 1 rings (SSSR count). The van der Waals surface area contributed by atoms with E-state index in [9.17, 15) is 10.1 Å². The highest BCUT2D eigenvalue weighted by molar-refractivity contribution is 5.59. The number of rotatable bonds is 10. The summed E-state index contributed by atoms with van der Waals surface area (Å²) in [6.07, 6.45) is 2.84. The summed E-state index contributed by atoms with van der Waals surface area (Å²) >= 11 is 0. The quantitative estimate of drug-likeness (QED) is 0.530. The smallest absolute Gasteiger partial charge is 0.311 e. The predicted molar refractivity (Wildman–Crippen MR) is 83.1 cm³/mol. The van der Waals surface area contributed by atoms with Crippen LogP contribution < -0.4 is 9.64 Å². The Kier molecular flexibility index (Phi) is 7.53. The number of nitrogens with zero attached hydrogens (tertiary/aromatic N) is 2. The van der Waals surface area contributed by atoms with Crippen molar-refractivity contribution in [2.75, 3.05) is 31.2 Å². The van der Waals surface area contributed by atoms with Gasteiger partial charge in [-0.05, 0) is 18.9 Å². The highest BCUT2D eigenvalue weighted by atomic mass is 16.6. The Morgan fingerprint density at radius 2 is 2.05 bits per heavy atom. The number of nitro benzene ring substituents is 1. The fraction of sp³-hybridized carbons (Fsp3) is 0.600. The third-order valence-corrected chi connectivity index (χ3v) is 3.12. The third-order valence-electron chi connectivity index (χ3n) is 3.12. The van der Waals surface area contributed by atoms with Crippen LogP contribution in [0.5, 0.6) is 5.75 Å². The second-order valence-corrected chi connectivity index (χ2v) is 4.82. The number of aliphatic hydroxyl groups excluding tert-OH is 1. The first-order valence-electron chi connectivity index (χ1n) is 7.41. The molecule has 0 aliphatic heterocycles. The van der Waals surface area contributed by atoms with Gasteiger partial charge in [0.05, 0.1) is 18.1 Å². The maximum atomic E-state index is 11.0. The molecular formula is C15H24N2O4. The summed E-state index contributed by atoms with van der Waals surface area (Å²) in [7, 11) is 0. The third kappa shape index (κ3) is 5.23. The molecule has 0 aliphatic carbocycles. The van der Waals surface area contributed by atoms with E-state index in [1.54, 1.807) is 12.1 Å². The molecule has 0 fully saturated rings. The molecule has 0 bridgehead atoms. The summed E-state index contributed by atoms with van der Waals surface area (Å²) < 4.78 is 5.49. The van der Waals surface area contributed by atoms with Gasteiger partial charge in [-0.1, -0.05) is 20.3 Å². The van der Waals surface area contributed by atoms with E-state index in [4.69, 9.17) is 9.84 Å². The number of aliphatic hydroxyl groups is 1. The zero-order chi connectivity index (χ0) is 15.7. The van der Waals surface area contributed by atoms with Crippen molar-refractivity contribution in [1.82, 2.24) is 0 Å². The van der Waals surface area contributed by atoms with E-state index in [0.717, 1.165) is 31.5 Å². The molecule has 21 heavy (non-hydrogen) atoms. The SMILES string of the molecule is CCCCN(CCO)c1ccc([N+](=O)[O-])c(OCCC)c1. The van der Waals surface area contributed by atoms with E-state index in [1.165, 1.54) is 6.07 Å². The second-order valence-electron chi connectivity index (χ2n) is 4.82. The van der Waals surface area contributed by atoms with Crippen molar-refractivity contribution in [3.8, 4) is 5.75 Å². The number of ether oxygens (including phenoxy) is 1. The Morgan fingerprint density at radius 1 is 1.29 bits per heavy atom. The van der Waals surface area contributed by atoms with Gasteiger partial charge in [0.1, 0.15) is 0 Å². The van der Waals surface area contributed by atoms with Gasteiger partial charge in [0.15, 0.2) is 5.75 Å². The van der Waals surface area contributed by atoms with Crippen LogP contribution in [0.1, 0.15) is 33.1 Å². The summed E-state index contributed by atoms with van der Waals surface area (Å²) in [5.41, 5.74) is 0.820. The summed E-state index contributed by atoms with van der Waals surface area (Å²) in [6.45, 7) is 5.86. The van der Waals surface area contributed by atoms with E-state index in [1.807, 2.05) is 11.8 Å². The number of benzene rings is 1. The highest BCUT2D eigenvalue weighted by Gasteiger charge is 2.17. The van der Waals surface area contributed by atoms with Gasteiger partial charge in [0.2, 0.25) is 0 Å². The van der Waals surface area contributed by atoms with E-state index < -0.39 is 4.92 Å². The first-order chi connectivity index (χ1) is 10.1. The number of unbranched alkanes of at least 4 members (excludes halogenated alkanes) is 1. The Morgan fingerprint density at radius 3 is 2.62 bits per heavy atom. The predicted octanol–water partition coefficient (Wildman–Crippen LogP) is 2.98. The molecule has 0 unspecified atom stereocenters. The molecule has 0 aliphatic rings. The number of hydrogen-bond acceptors (Lipinski definition) is 5. The van der Waals surface area contributed by atoms with Gasteiger partial charge < -0.3 is 14.7 Å². The van der Waals surface area contributed by atoms with E-state index in [-0.39, 0.29) is 12.3 Å². The summed E-state index contributed by atoms with van der Waals surface area (Å²) in [6, 6.07) is 4.87. The van der Waals surface area contributed by atoms with Gasteiger partial charge in [-0.15, -0.1) is 0 Å². The number of hydrogen-bond donors (Lipinski definition) is 1. The van der Waals surface area contributed by atoms with Crippen LogP contribution in [-0.4, -0.2) is 36.3 Å². The minimum Gasteiger partial charge on any atom is -0.487 e.